The highest BCUT2D eigenvalue weighted by Crippen LogP contribution is 2.73. The van der Waals surface area contributed by atoms with Crippen LogP contribution in [0.15, 0.2) is 102 Å². The highest BCUT2D eigenvalue weighted by molar-refractivity contribution is 6.31. The van der Waals surface area contributed by atoms with Gasteiger partial charge in [0.05, 0.1) is 31.0 Å². The molecule has 1 saturated heterocycles. The fourth-order valence-electron chi connectivity index (χ4n) is 10.8. The number of anilines is 1. The highest BCUT2D eigenvalue weighted by atomic mass is 35.5. The fourth-order valence-corrected chi connectivity index (χ4v) is 11.1. The zero-order valence-corrected chi connectivity index (χ0v) is 33.4. The summed E-state index contributed by atoms with van der Waals surface area (Å²) < 4.78 is 60.4. The number of rotatable bonds is 10. The molecule has 1 unspecified atom stereocenters. The van der Waals surface area contributed by atoms with Gasteiger partial charge in [-0.1, -0.05) is 89.9 Å². The Morgan fingerprint density at radius 1 is 0.966 bits per heavy atom. The zero-order valence-electron chi connectivity index (χ0n) is 31.9. The smallest absolute Gasteiger partial charge is 0.238 e. The molecule has 59 heavy (non-hydrogen) atoms. The lowest BCUT2D eigenvalue weighted by molar-refractivity contribution is -0.222. The number of likely N-dealkylation sites (tertiary alicyclic amines) is 1. The van der Waals surface area contributed by atoms with E-state index < -0.39 is 70.9 Å². The first-order valence-electron chi connectivity index (χ1n) is 19.9. The average Bonchev–Trinajstić information content (AvgIpc) is 3.87. The van der Waals surface area contributed by atoms with Gasteiger partial charge >= 0.3 is 0 Å². The van der Waals surface area contributed by atoms with Crippen LogP contribution >= 0.6 is 23.2 Å². The molecule has 2 aliphatic heterocycles. The van der Waals surface area contributed by atoms with Gasteiger partial charge in [-0.2, -0.15) is 0 Å². The van der Waals surface area contributed by atoms with E-state index in [0.29, 0.717) is 59.0 Å². The molecule has 308 valence electrons. The number of aliphatic hydroxyl groups excluding tert-OH is 1. The van der Waals surface area contributed by atoms with Gasteiger partial charge < -0.3 is 24.9 Å². The summed E-state index contributed by atoms with van der Waals surface area (Å²) in [6.45, 7) is -2.08. The van der Waals surface area contributed by atoms with Gasteiger partial charge in [0.1, 0.15) is 18.4 Å². The summed E-state index contributed by atoms with van der Waals surface area (Å²) >= 11 is 13.1. The Morgan fingerprint density at radius 3 is 2.32 bits per heavy atom. The number of halogens is 5. The van der Waals surface area contributed by atoms with Crippen molar-refractivity contribution in [2.45, 2.75) is 85.7 Å². The molecule has 10 nitrogen and oxygen atoms in total. The number of amides is 1. The van der Waals surface area contributed by atoms with Crippen LogP contribution in [0, 0.1) is 11.2 Å². The molecule has 1 amide bonds. The Kier molecular flexibility index (Phi) is 10.7. The maximum atomic E-state index is 17.0. The number of hydrogen-bond acceptors (Lipinski definition) is 9. The van der Waals surface area contributed by atoms with Gasteiger partial charge in [-0.3, -0.25) is 18.5 Å². The number of alkyl halides is 2. The van der Waals surface area contributed by atoms with Crippen molar-refractivity contribution in [3.05, 3.63) is 142 Å². The van der Waals surface area contributed by atoms with Crippen molar-refractivity contribution in [3.63, 3.8) is 0 Å². The molecule has 4 heterocycles. The lowest BCUT2D eigenvalue weighted by Crippen LogP contribution is -2.72. The molecule has 2 aliphatic carbocycles. The summed E-state index contributed by atoms with van der Waals surface area (Å²) in [6.07, 6.45) is 3.66. The number of pyridine rings is 1. The number of ether oxygens (including phenoxy) is 1. The number of benzene rings is 3. The first-order chi connectivity index (χ1) is 28.6. The standard InChI is InChI=1S/C44H43Cl2F3N6O4/c45-29-13-16-32-33(19-29)51-24-59-44(32)34(31-17-18-50-39(46)35(31)49)37(40(57)53-30-14-11-28(12-15-30)41-54-52-25-58-41)55(43(44)20-42(21-43,22-47)23-48)36(26-7-3-1-4-8-26)38(56)27-9-5-2-6-10-27/h1-10,13,16-19,25,28,30,34,36-38,51,56H,11-12,14-15,20-24H2,(H,53,57)/t28?,30?,34-,36+,37+,38-,44?/m0/s1. The fraction of sp³-hybridized carbons (Fsp3) is 0.409. The number of carbonyl (C=O) groups is 1. The number of aliphatic hydroxyl groups is 1. The van der Waals surface area contributed by atoms with E-state index in [4.69, 9.17) is 32.4 Å². The summed E-state index contributed by atoms with van der Waals surface area (Å²) in [5.41, 5.74) is -2.25. The van der Waals surface area contributed by atoms with Gasteiger partial charge in [-0.15, -0.1) is 10.2 Å². The first kappa shape index (κ1) is 39.9. The SMILES string of the molecule is O=C(NC1CCC(c2nnco2)CC1)[C@H]1[C@H](c2ccnc(Cl)c2F)C2(OCNc3cc(Cl)ccc32)C2(CC(CF)(CF)C2)N1[C@H](c1ccccc1)[C@@H](O)c1ccccc1. The number of nitrogens with one attached hydrogen (secondary N) is 2. The molecule has 3 N–H and O–H groups in total. The third-order valence-electron chi connectivity index (χ3n) is 13.2. The Bertz CT molecular complexity index is 2280. The van der Waals surface area contributed by atoms with Gasteiger partial charge in [-0.25, -0.2) is 9.37 Å². The number of hydrogen-bond donors (Lipinski definition) is 3. The molecular formula is C44H43Cl2F3N6O4. The van der Waals surface area contributed by atoms with Crippen LogP contribution in [-0.4, -0.2) is 68.8 Å². The molecule has 5 atom stereocenters. The monoisotopic (exact) mass is 846 g/mol. The lowest BCUT2D eigenvalue weighted by atomic mass is 9.49. The Labute approximate surface area is 349 Å². The van der Waals surface area contributed by atoms with Crippen LogP contribution in [0.2, 0.25) is 10.2 Å². The third-order valence-corrected chi connectivity index (χ3v) is 13.7. The largest absolute Gasteiger partial charge is 0.428 e. The van der Waals surface area contributed by atoms with Crippen LogP contribution in [0.5, 0.6) is 0 Å². The van der Waals surface area contributed by atoms with Crippen molar-refractivity contribution in [1.82, 2.24) is 25.4 Å². The van der Waals surface area contributed by atoms with E-state index in [2.05, 4.69) is 25.8 Å². The molecule has 3 fully saturated rings. The molecule has 15 heteroatoms. The molecule has 9 rings (SSSR count). The van der Waals surface area contributed by atoms with Gasteiger partial charge in [0.15, 0.2) is 11.0 Å². The van der Waals surface area contributed by atoms with E-state index >= 15 is 18.0 Å². The lowest BCUT2D eigenvalue weighted by Gasteiger charge is -2.65. The predicted octanol–water partition coefficient (Wildman–Crippen LogP) is 8.75. The van der Waals surface area contributed by atoms with Gasteiger partial charge in [0, 0.05) is 51.3 Å². The van der Waals surface area contributed by atoms with Crippen molar-refractivity contribution < 1.29 is 32.2 Å². The maximum absolute atomic E-state index is 17.0. The van der Waals surface area contributed by atoms with Crippen LogP contribution in [0.4, 0.5) is 18.9 Å². The minimum atomic E-state index is -1.67. The van der Waals surface area contributed by atoms with E-state index in [9.17, 15) is 5.11 Å². The molecule has 5 aromatic rings. The number of aromatic nitrogens is 3. The van der Waals surface area contributed by atoms with Crippen molar-refractivity contribution in [2.24, 2.45) is 5.41 Å². The second kappa shape index (κ2) is 15.8. The van der Waals surface area contributed by atoms with Crippen molar-refractivity contribution in [1.29, 1.82) is 0 Å². The third kappa shape index (κ3) is 6.51. The maximum Gasteiger partial charge on any atom is 0.238 e. The molecule has 4 aliphatic rings. The van der Waals surface area contributed by atoms with Gasteiger partial charge in [0.2, 0.25) is 18.2 Å². The number of carbonyl (C=O) groups excluding carboxylic acids is 1. The Morgan fingerprint density at radius 2 is 1.66 bits per heavy atom. The van der Waals surface area contributed by atoms with Crippen molar-refractivity contribution >= 4 is 34.8 Å². The van der Waals surface area contributed by atoms with E-state index in [-0.39, 0.29) is 37.1 Å². The van der Waals surface area contributed by atoms with Crippen molar-refractivity contribution in [3.8, 4) is 0 Å². The summed E-state index contributed by atoms with van der Waals surface area (Å²) in [5.74, 6) is -1.95. The van der Waals surface area contributed by atoms with E-state index in [1.165, 1.54) is 18.7 Å². The minimum Gasteiger partial charge on any atom is -0.428 e. The minimum absolute atomic E-state index is 0.0282. The van der Waals surface area contributed by atoms with E-state index in [0.717, 1.165) is 0 Å². The van der Waals surface area contributed by atoms with Crippen LogP contribution < -0.4 is 10.6 Å². The molecule has 3 aromatic carbocycles. The quantitative estimate of drug-likeness (QED) is 0.118. The molecular weight excluding hydrogens is 804 g/mol. The summed E-state index contributed by atoms with van der Waals surface area (Å²) in [6, 6.07) is 22.3. The first-order valence-corrected chi connectivity index (χ1v) is 20.6. The molecule has 2 spiro atoms. The normalized spacial score (nSPS) is 26.7. The summed E-state index contributed by atoms with van der Waals surface area (Å²) in [7, 11) is 0. The van der Waals surface area contributed by atoms with Crippen molar-refractivity contribution in [2.75, 3.05) is 25.4 Å². The second-order valence-corrected chi connectivity index (χ2v) is 17.2. The zero-order chi connectivity index (χ0) is 40.9. The van der Waals surface area contributed by atoms with Crippen LogP contribution in [0.1, 0.15) is 90.7 Å². The van der Waals surface area contributed by atoms with Crippen LogP contribution in [0.25, 0.3) is 0 Å². The van der Waals surface area contributed by atoms with Crippen LogP contribution in [0.3, 0.4) is 0 Å². The van der Waals surface area contributed by atoms with E-state index in [1.54, 1.807) is 30.3 Å². The summed E-state index contributed by atoms with van der Waals surface area (Å²) in [4.78, 5) is 21.7. The average molecular weight is 848 g/mol. The predicted molar refractivity (Wildman–Crippen MR) is 215 cm³/mol. The molecule has 0 bridgehead atoms. The van der Waals surface area contributed by atoms with Gasteiger partial charge in [-0.05, 0) is 67.9 Å². The van der Waals surface area contributed by atoms with Gasteiger partial charge in [0.25, 0.3) is 0 Å². The molecule has 2 saturated carbocycles. The van der Waals surface area contributed by atoms with E-state index in [1.807, 2.05) is 53.4 Å². The number of nitrogens with zero attached hydrogens (tertiary/aromatic N) is 4. The Hall–Kier alpha value is -4.53. The highest BCUT2D eigenvalue weighted by Gasteiger charge is 2.80. The number of fused-ring (bicyclic) bond motifs is 3. The second-order valence-electron chi connectivity index (χ2n) is 16.4. The topological polar surface area (TPSA) is 126 Å². The molecule has 2 aromatic heterocycles. The summed E-state index contributed by atoms with van der Waals surface area (Å²) in [5, 5.41) is 27.3. The Balaban J connectivity index is 1.30. The molecule has 0 radical (unpaired) electrons. The van der Waals surface area contributed by atoms with Crippen LogP contribution in [-0.2, 0) is 15.1 Å².